The quantitative estimate of drug-likeness (QED) is 0.761. The van der Waals surface area contributed by atoms with Crippen molar-refractivity contribution in [3.63, 3.8) is 0 Å². The first kappa shape index (κ1) is 18.6. The van der Waals surface area contributed by atoms with Crippen molar-refractivity contribution in [3.05, 3.63) is 69.9 Å². The van der Waals surface area contributed by atoms with Gasteiger partial charge in [0.25, 0.3) is 5.91 Å². The molecule has 2 N–H and O–H groups in total. The van der Waals surface area contributed by atoms with E-state index in [1.54, 1.807) is 30.3 Å². The molecular formula is C17H14BrFN2O4. The summed E-state index contributed by atoms with van der Waals surface area (Å²) >= 11 is 3.14. The number of hydrogen-bond acceptors (Lipinski definition) is 4. The molecule has 0 saturated carbocycles. The number of hydrogen-bond donors (Lipinski definition) is 2. The van der Waals surface area contributed by atoms with Gasteiger partial charge in [-0.25, -0.2) is 14.0 Å². The number of ether oxygens (including phenoxy) is 1. The summed E-state index contributed by atoms with van der Waals surface area (Å²) in [4.78, 5) is 35.9. The molecule has 2 aromatic carbocycles. The molecule has 0 aromatic heterocycles. The Hall–Kier alpha value is -2.74. The van der Waals surface area contributed by atoms with Crippen molar-refractivity contribution in [2.75, 3.05) is 7.05 Å². The molecular weight excluding hydrogens is 395 g/mol. The van der Waals surface area contributed by atoms with E-state index in [9.17, 15) is 18.8 Å². The highest BCUT2D eigenvalue weighted by atomic mass is 79.9. The maximum atomic E-state index is 13.9. The van der Waals surface area contributed by atoms with Crippen LogP contribution in [0.1, 0.15) is 22.0 Å². The summed E-state index contributed by atoms with van der Waals surface area (Å²) in [6, 6.07) is 11.1. The van der Waals surface area contributed by atoms with Gasteiger partial charge in [0.05, 0.1) is 5.56 Å². The number of nitrogens with one attached hydrogen (secondary N) is 2. The summed E-state index contributed by atoms with van der Waals surface area (Å²) in [6.45, 7) is 0. The SMILES string of the molecule is CNC(=O)NC(=O)[C@@H](OC(=O)c1cc(Br)ccc1F)c1ccccc1. The molecule has 0 saturated heterocycles. The molecule has 0 fully saturated rings. The zero-order chi connectivity index (χ0) is 18.4. The third kappa shape index (κ3) is 4.87. The highest BCUT2D eigenvalue weighted by Gasteiger charge is 2.28. The van der Waals surface area contributed by atoms with Crippen LogP contribution in [0.25, 0.3) is 0 Å². The van der Waals surface area contributed by atoms with Gasteiger partial charge in [-0.15, -0.1) is 0 Å². The number of halogens is 2. The van der Waals surface area contributed by atoms with Gasteiger partial charge in [0.1, 0.15) is 5.82 Å². The maximum Gasteiger partial charge on any atom is 0.342 e. The average molecular weight is 409 g/mol. The number of carbonyl (C=O) groups excluding carboxylic acids is 3. The highest BCUT2D eigenvalue weighted by Crippen LogP contribution is 2.22. The topological polar surface area (TPSA) is 84.5 Å². The van der Waals surface area contributed by atoms with Gasteiger partial charge in [0, 0.05) is 17.1 Å². The Kier molecular flexibility index (Phi) is 6.24. The first-order chi connectivity index (χ1) is 11.9. The largest absolute Gasteiger partial charge is 0.444 e. The smallest absolute Gasteiger partial charge is 0.342 e. The highest BCUT2D eigenvalue weighted by molar-refractivity contribution is 9.10. The molecule has 0 heterocycles. The van der Waals surface area contributed by atoms with Crippen LogP contribution in [0.2, 0.25) is 0 Å². The Morgan fingerprint density at radius 2 is 1.80 bits per heavy atom. The molecule has 130 valence electrons. The molecule has 0 aliphatic heterocycles. The van der Waals surface area contributed by atoms with Crippen molar-refractivity contribution < 1.29 is 23.5 Å². The van der Waals surface area contributed by atoms with Crippen LogP contribution in [0.15, 0.2) is 53.0 Å². The molecule has 0 radical (unpaired) electrons. The van der Waals surface area contributed by atoms with E-state index in [0.29, 0.717) is 10.0 Å². The van der Waals surface area contributed by atoms with Gasteiger partial charge in [0.15, 0.2) is 0 Å². The fraction of sp³-hybridized carbons (Fsp3) is 0.118. The first-order valence-corrected chi connectivity index (χ1v) is 7.95. The van der Waals surface area contributed by atoms with Gasteiger partial charge >= 0.3 is 12.0 Å². The molecule has 6 nitrogen and oxygen atoms in total. The molecule has 25 heavy (non-hydrogen) atoms. The third-order valence-corrected chi connectivity index (χ3v) is 3.67. The van der Waals surface area contributed by atoms with Gasteiger partial charge in [0.2, 0.25) is 6.10 Å². The summed E-state index contributed by atoms with van der Waals surface area (Å²) in [5.74, 6) is -2.67. The van der Waals surface area contributed by atoms with Crippen LogP contribution in [0.5, 0.6) is 0 Å². The molecule has 1 atom stereocenters. The fourth-order valence-corrected chi connectivity index (χ4v) is 2.33. The van der Waals surface area contributed by atoms with Crippen molar-refractivity contribution in [2.45, 2.75) is 6.10 Å². The van der Waals surface area contributed by atoms with E-state index >= 15 is 0 Å². The molecule has 0 aliphatic carbocycles. The molecule has 0 aliphatic rings. The summed E-state index contributed by atoms with van der Waals surface area (Å²) in [5.41, 5.74) is 0.00991. The van der Waals surface area contributed by atoms with Crippen LogP contribution in [0.4, 0.5) is 9.18 Å². The Labute approximate surface area is 151 Å². The second-order valence-corrected chi connectivity index (χ2v) is 5.80. The molecule has 2 aromatic rings. The zero-order valence-electron chi connectivity index (χ0n) is 13.1. The molecule has 8 heteroatoms. The van der Waals surface area contributed by atoms with E-state index in [0.717, 1.165) is 6.07 Å². The Morgan fingerprint density at radius 3 is 2.44 bits per heavy atom. The number of amides is 3. The monoisotopic (exact) mass is 408 g/mol. The van der Waals surface area contributed by atoms with E-state index in [1.807, 2.05) is 5.32 Å². The number of carbonyl (C=O) groups is 3. The molecule has 0 spiro atoms. The maximum absolute atomic E-state index is 13.9. The van der Waals surface area contributed by atoms with E-state index in [4.69, 9.17) is 4.74 Å². The summed E-state index contributed by atoms with van der Waals surface area (Å²) in [6.07, 6.45) is -1.41. The van der Waals surface area contributed by atoms with Gasteiger partial charge in [-0.2, -0.15) is 0 Å². The number of rotatable bonds is 4. The lowest BCUT2D eigenvalue weighted by atomic mass is 10.1. The van der Waals surface area contributed by atoms with E-state index < -0.39 is 29.8 Å². The first-order valence-electron chi connectivity index (χ1n) is 7.16. The number of imide groups is 1. The van der Waals surface area contributed by atoms with Gasteiger partial charge in [-0.05, 0) is 18.2 Å². The van der Waals surface area contributed by atoms with Crippen LogP contribution in [0.3, 0.4) is 0 Å². The summed E-state index contributed by atoms with van der Waals surface area (Å²) in [7, 11) is 1.34. The number of esters is 1. The van der Waals surface area contributed by atoms with Crippen LogP contribution in [-0.4, -0.2) is 25.0 Å². The second kappa shape index (κ2) is 8.39. The van der Waals surface area contributed by atoms with Crippen molar-refractivity contribution >= 4 is 33.8 Å². The van der Waals surface area contributed by atoms with Crippen molar-refractivity contribution in [1.82, 2.24) is 10.6 Å². The molecule has 0 bridgehead atoms. The normalized spacial score (nSPS) is 11.3. The minimum atomic E-state index is -1.41. The van der Waals surface area contributed by atoms with Crippen LogP contribution in [0, 0.1) is 5.82 Å². The van der Waals surface area contributed by atoms with Crippen molar-refractivity contribution in [2.24, 2.45) is 0 Å². The Bertz CT molecular complexity index is 798. The Morgan fingerprint density at radius 1 is 1.12 bits per heavy atom. The number of benzene rings is 2. The zero-order valence-corrected chi connectivity index (χ0v) is 14.7. The predicted octanol–water partition coefficient (Wildman–Crippen LogP) is 2.94. The van der Waals surface area contributed by atoms with Crippen molar-refractivity contribution in [1.29, 1.82) is 0 Å². The van der Waals surface area contributed by atoms with E-state index in [2.05, 4.69) is 21.2 Å². The summed E-state index contributed by atoms with van der Waals surface area (Å²) in [5, 5.41) is 4.27. The van der Waals surface area contributed by atoms with Gasteiger partial charge < -0.3 is 10.1 Å². The van der Waals surface area contributed by atoms with Crippen LogP contribution < -0.4 is 10.6 Å². The van der Waals surface area contributed by atoms with Gasteiger partial charge in [-0.1, -0.05) is 46.3 Å². The lowest BCUT2D eigenvalue weighted by Gasteiger charge is -2.17. The second-order valence-electron chi connectivity index (χ2n) is 4.89. The molecule has 0 unspecified atom stereocenters. The lowest BCUT2D eigenvalue weighted by molar-refractivity contribution is -0.129. The Balaban J connectivity index is 2.29. The predicted molar refractivity (Wildman–Crippen MR) is 91.3 cm³/mol. The minimum Gasteiger partial charge on any atom is -0.444 e. The standard InChI is InChI=1S/C17H14BrFN2O4/c1-20-17(24)21-15(22)14(10-5-3-2-4-6-10)25-16(23)12-9-11(18)7-8-13(12)19/h2-9,14H,1H3,(H2,20,21,22,24)/t14-/m0/s1. The number of urea groups is 1. The molecule has 2 rings (SSSR count). The van der Waals surface area contributed by atoms with E-state index in [-0.39, 0.29) is 5.56 Å². The van der Waals surface area contributed by atoms with Crippen molar-refractivity contribution in [3.8, 4) is 0 Å². The van der Waals surface area contributed by atoms with Crippen LogP contribution in [-0.2, 0) is 9.53 Å². The van der Waals surface area contributed by atoms with Gasteiger partial charge in [-0.3, -0.25) is 10.1 Å². The molecule has 3 amide bonds. The lowest BCUT2D eigenvalue weighted by Crippen LogP contribution is -2.41. The van der Waals surface area contributed by atoms with E-state index in [1.165, 1.54) is 19.2 Å². The fourth-order valence-electron chi connectivity index (χ4n) is 1.97. The van der Waals surface area contributed by atoms with Crippen LogP contribution >= 0.6 is 15.9 Å². The minimum absolute atomic E-state index is 0.331. The third-order valence-electron chi connectivity index (χ3n) is 3.18. The summed E-state index contributed by atoms with van der Waals surface area (Å²) < 4.78 is 19.5. The average Bonchev–Trinajstić information content (AvgIpc) is 2.61.